The molecular formula is C23H16ClN3O. The lowest BCUT2D eigenvalue weighted by Gasteiger charge is -2.09. The number of H-pyrrole nitrogens is 1. The number of para-hydroxylation sites is 3. The third-order valence-electron chi connectivity index (χ3n) is 4.29. The summed E-state index contributed by atoms with van der Waals surface area (Å²) < 4.78 is 5.98. The minimum absolute atomic E-state index is 0.411. The molecule has 0 atom stereocenters. The summed E-state index contributed by atoms with van der Waals surface area (Å²) in [6, 6.07) is 25.1. The van der Waals surface area contributed by atoms with E-state index in [1.165, 1.54) is 0 Å². The first kappa shape index (κ1) is 17.8. The van der Waals surface area contributed by atoms with Crippen LogP contribution in [0.2, 0.25) is 5.02 Å². The van der Waals surface area contributed by atoms with Crippen LogP contribution in [0.25, 0.3) is 22.7 Å². The maximum atomic E-state index is 9.66. The zero-order valence-electron chi connectivity index (χ0n) is 14.9. The Morgan fingerprint density at radius 1 is 1.04 bits per heavy atom. The largest absolute Gasteiger partial charge is 0.488 e. The van der Waals surface area contributed by atoms with Crippen LogP contribution in [0.1, 0.15) is 17.0 Å². The highest BCUT2D eigenvalue weighted by atomic mass is 35.5. The average Bonchev–Trinajstić information content (AvgIpc) is 3.16. The second-order valence-corrected chi connectivity index (χ2v) is 6.66. The molecule has 1 heterocycles. The monoisotopic (exact) mass is 385 g/mol. The number of nitrogens with zero attached hydrogens (tertiary/aromatic N) is 2. The zero-order chi connectivity index (χ0) is 19.3. The number of hydrogen-bond donors (Lipinski definition) is 1. The predicted molar refractivity (Wildman–Crippen MR) is 112 cm³/mol. The SMILES string of the molecule is N#C/C(=C\c1ccccc1OCc1ccc(Cl)cc1)c1nc2ccccc2[nH]1. The molecule has 0 fully saturated rings. The van der Waals surface area contributed by atoms with Crippen LogP contribution in [0, 0.1) is 11.3 Å². The molecule has 5 heteroatoms. The van der Waals surface area contributed by atoms with Crippen LogP contribution in [0.15, 0.2) is 72.8 Å². The maximum Gasteiger partial charge on any atom is 0.149 e. The molecule has 0 amide bonds. The van der Waals surface area contributed by atoms with Gasteiger partial charge in [0.1, 0.15) is 24.3 Å². The molecule has 3 aromatic carbocycles. The molecule has 1 aromatic heterocycles. The maximum absolute atomic E-state index is 9.66. The van der Waals surface area contributed by atoms with E-state index in [9.17, 15) is 5.26 Å². The number of aromatic amines is 1. The van der Waals surface area contributed by atoms with E-state index in [0.29, 0.717) is 28.8 Å². The normalized spacial score (nSPS) is 11.4. The van der Waals surface area contributed by atoms with Gasteiger partial charge in [-0.05, 0) is 42.0 Å². The lowest BCUT2D eigenvalue weighted by molar-refractivity contribution is 0.305. The third kappa shape index (κ3) is 3.90. The number of nitriles is 1. The molecule has 4 nitrogen and oxygen atoms in total. The predicted octanol–water partition coefficient (Wildman–Crippen LogP) is 5.86. The lowest BCUT2D eigenvalue weighted by Crippen LogP contribution is -1.97. The van der Waals surface area contributed by atoms with Crippen LogP contribution >= 0.6 is 11.6 Å². The lowest BCUT2D eigenvalue weighted by atomic mass is 10.1. The van der Waals surface area contributed by atoms with Crippen molar-refractivity contribution in [1.29, 1.82) is 5.26 Å². The average molecular weight is 386 g/mol. The van der Waals surface area contributed by atoms with Gasteiger partial charge in [0.15, 0.2) is 0 Å². The molecule has 136 valence electrons. The minimum Gasteiger partial charge on any atom is -0.488 e. The molecule has 0 saturated carbocycles. The molecular weight excluding hydrogens is 370 g/mol. The Kier molecular flexibility index (Phi) is 5.09. The van der Waals surface area contributed by atoms with Gasteiger partial charge >= 0.3 is 0 Å². The number of nitrogens with one attached hydrogen (secondary N) is 1. The first-order valence-corrected chi connectivity index (χ1v) is 9.14. The summed E-state index contributed by atoms with van der Waals surface area (Å²) in [5.74, 6) is 1.23. The summed E-state index contributed by atoms with van der Waals surface area (Å²) in [6.45, 7) is 0.411. The van der Waals surface area contributed by atoms with Crippen LogP contribution in [0.3, 0.4) is 0 Å². The zero-order valence-corrected chi connectivity index (χ0v) is 15.6. The van der Waals surface area contributed by atoms with E-state index in [1.54, 1.807) is 6.08 Å². The highest BCUT2D eigenvalue weighted by Gasteiger charge is 2.09. The summed E-state index contributed by atoms with van der Waals surface area (Å²) >= 11 is 5.93. The van der Waals surface area contributed by atoms with Gasteiger partial charge in [-0.2, -0.15) is 5.26 Å². The summed E-state index contributed by atoms with van der Waals surface area (Å²) in [7, 11) is 0. The van der Waals surface area contributed by atoms with Gasteiger partial charge in [0.25, 0.3) is 0 Å². The molecule has 0 unspecified atom stereocenters. The smallest absolute Gasteiger partial charge is 0.149 e. The number of halogens is 1. The van der Waals surface area contributed by atoms with E-state index in [4.69, 9.17) is 16.3 Å². The molecule has 0 aliphatic carbocycles. The Labute approximate surface area is 167 Å². The number of benzene rings is 3. The van der Waals surface area contributed by atoms with E-state index >= 15 is 0 Å². The van der Waals surface area contributed by atoms with Crippen molar-refractivity contribution in [3.63, 3.8) is 0 Å². The Balaban J connectivity index is 1.62. The number of ether oxygens (including phenoxy) is 1. The van der Waals surface area contributed by atoms with Gasteiger partial charge in [-0.1, -0.05) is 54.1 Å². The number of hydrogen-bond acceptors (Lipinski definition) is 3. The van der Waals surface area contributed by atoms with Crippen molar-refractivity contribution >= 4 is 34.3 Å². The van der Waals surface area contributed by atoms with Crippen molar-refractivity contribution in [2.24, 2.45) is 0 Å². The summed E-state index contributed by atoms with van der Waals surface area (Å²) in [6.07, 6.45) is 1.79. The highest BCUT2D eigenvalue weighted by molar-refractivity contribution is 6.30. The van der Waals surface area contributed by atoms with Crippen molar-refractivity contribution in [1.82, 2.24) is 9.97 Å². The van der Waals surface area contributed by atoms with E-state index in [1.807, 2.05) is 72.8 Å². The Morgan fingerprint density at radius 2 is 1.79 bits per heavy atom. The van der Waals surface area contributed by atoms with Gasteiger partial charge in [0.05, 0.1) is 16.6 Å². The van der Waals surface area contributed by atoms with Crippen molar-refractivity contribution < 1.29 is 4.74 Å². The number of fused-ring (bicyclic) bond motifs is 1. The summed E-state index contributed by atoms with van der Waals surface area (Å²) in [4.78, 5) is 7.71. The van der Waals surface area contributed by atoms with E-state index in [2.05, 4.69) is 16.0 Å². The first-order chi connectivity index (χ1) is 13.7. The first-order valence-electron chi connectivity index (χ1n) is 8.76. The standard InChI is InChI=1S/C23H16ClN3O/c24-19-11-9-16(10-12-19)15-28-22-8-4-1-5-17(22)13-18(14-25)23-26-20-6-2-3-7-21(20)27-23/h1-13H,15H2,(H,26,27)/b18-13+. The van der Waals surface area contributed by atoms with Crippen molar-refractivity contribution in [2.75, 3.05) is 0 Å². The Morgan fingerprint density at radius 3 is 2.57 bits per heavy atom. The fourth-order valence-corrected chi connectivity index (χ4v) is 2.99. The van der Waals surface area contributed by atoms with Crippen molar-refractivity contribution in [2.45, 2.75) is 6.61 Å². The van der Waals surface area contributed by atoms with Gasteiger partial charge in [0.2, 0.25) is 0 Å². The van der Waals surface area contributed by atoms with E-state index < -0.39 is 0 Å². The molecule has 28 heavy (non-hydrogen) atoms. The fourth-order valence-electron chi connectivity index (χ4n) is 2.86. The van der Waals surface area contributed by atoms with E-state index in [-0.39, 0.29) is 0 Å². The number of rotatable bonds is 5. The van der Waals surface area contributed by atoms with Crippen LogP contribution < -0.4 is 4.74 Å². The van der Waals surface area contributed by atoms with Gasteiger partial charge in [-0.3, -0.25) is 0 Å². The topological polar surface area (TPSA) is 61.7 Å². The molecule has 0 radical (unpaired) electrons. The molecule has 1 N–H and O–H groups in total. The summed E-state index contributed by atoms with van der Waals surface area (Å²) in [5.41, 5.74) is 3.99. The van der Waals surface area contributed by atoms with Crippen molar-refractivity contribution in [3.8, 4) is 11.8 Å². The molecule has 4 rings (SSSR count). The second-order valence-electron chi connectivity index (χ2n) is 6.23. The minimum atomic E-state index is 0.411. The number of imidazole rings is 1. The van der Waals surface area contributed by atoms with Gasteiger partial charge < -0.3 is 9.72 Å². The van der Waals surface area contributed by atoms with Gasteiger partial charge in [-0.25, -0.2) is 4.98 Å². The fraction of sp³-hybridized carbons (Fsp3) is 0.0435. The second kappa shape index (κ2) is 7.99. The highest BCUT2D eigenvalue weighted by Crippen LogP contribution is 2.25. The van der Waals surface area contributed by atoms with Crippen LogP contribution in [-0.2, 0) is 6.61 Å². The number of aromatic nitrogens is 2. The third-order valence-corrected chi connectivity index (χ3v) is 4.54. The van der Waals surface area contributed by atoms with Crippen LogP contribution in [-0.4, -0.2) is 9.97 Å². The number of allylic oxidation sites excluding steroid dienone is 1. The van der Waals surface area contributed by atoms with Gasteiger partial charge in [-0.15, -0.1) is 0 Å². The molecule has 0 bridgehead atoms. The van der Waals surface area contributed by atoms with Crippen molar-refractivity contribution in [3.05, 3.63) is 94.8 Å². The molecule has 0 saturated heterocycles. The van der Waals surface area contributed by atoms with Crippen LogP contribution in [0.4, 0.5) is 0 Å². The quantitative estimate of drug-likeness (QED) is 0.437. The Hall–Kier alpha value is -3.55. The molecule has 0 aliphatic rings. The van der Waals surface area contributed by atoms with Crippen LogP contribution in [0.5, 0.6) is 5.75 Å². The molecule has 4 aromatic rings. The summed E-state index contributed by atoms with van der Waals surface area (Å²) in [5, 5.41) is 10.4. The van der Waals surface area contributed by atoms with Gasteiger partial charge in [0, 0.05) is 10.6 Å². The molecule has 0 spiro atoms. The van der Waals surface area contributed by atoms with E-state index in [0.717, 1.165) is 22.2 Å². The molecule has 0 aliphatic heterocycles. The Bertz CT molecular complexity index is 1150.